The average molecular weight is 384 g/mol. The molecule has 5 nitrogen and oxygen atoms in total. The molecule has 4 rings (SSSR count). The number of nitrogens with zero attached hydrogens (tertiary/aromatic N) is 2. The summed E-state index contributed by atoms with van der Waals surface area (Å²) in [5.41, 5.74) is -0.316. The Morgan fingerprint density at radius 1 is 1.08 bits per heavy atom. The fourth-order valence-electron chi connectivity index (χ4n) is 4.32. The third-order valence-electron chi connectivity index (χ3n) is 5.83. The molecule has 1 unspecified atom stereocenters. The van der Waals surface area contributed by atoms with Gasteiger partial charge in [0, 0.05) is 37.5 Å². The van der Waals surface area contributed by atoms with E-state index in [1.165, 1.54) is 4.31 Å². The number of carbonyl (C=O) groups is 1. The van der Waals surface area contributed by atoms with E-state index in [1.807, 2.05) is 4.90 Å². The van der Waals surface area contributed by atoms with Gasteiger partial charge in [-0.15, -0.1) is 0 Å². The quantitative estimate of drug-likeness (QED) is 0.805. The van der Waals surface area contributed by atoms with Crippen LogP contribution in [0.4, 0.5) is 8.78 Å². The van der Waals surface area contributed by atoms with Gasteiger partial charge < -0.3 is 4.90 Å². The second kappa shape index (κ2) is 6.27. The lowest BCUT2D eigenvalue weighted by atomic mass is 9.74. The first-order valence-corrected chi connectivity index (χ1v) is 10.5. The Kier molecular flexibility index (Phi) is 4.30. The molecule has 142 valence electrons. The molecule has 1 spiro atoms. The maximum atomic E-state index is 14.1. The summed E-state index contributed by atoms with van der Waals surface area (Å²) < 4.78 is 55.2. The van der Waals surface area contributed by atoms with Crippen LogP contribution < -0.4 is 0 Å². The Bertz CT molecular complexity index is 821. The van der Waals surface area contributed by atoms with E-state index in [9.17, 15) is 22.0 Å². The molecule has 3 aliphatic rings. The first kappa shape index (κ1) is 17.9. The lowest BCUT2D eigenvalue weighted by molar-refractivity contribution is -0.139. The van der Waals surface area contributed by atoms with Gasteiger partial charge in [0.05, 0.1) is 0 Å². The molecule has 1 saturated carbocycles. The van der Waals surface area contributed by atoms with E-state index in [-0.39, 0.29) is 30.5 Å². The molecule has 8 heteroatoms. The number of hydrogen-bond acceptors (Lipinski definition) is 3. The van der Waals surface area contributed by atoms with Crippen molar-refractivity contribution in [2.24, 2.45) is 5.41 Å². The standard InChI is InChI=1S/C18H22F2N2O3S/c19-14-3-1-4-15(20)17(14)26(24,25)21-10-2-8-18(11-21)9-7-16(23)22(12-18)13-5-6-13/h1,3-4,13H,2,5-12H2. The van der Waals surface area contributed by atoms with Crippen molar-refractivity contribution < 1.29 is 22.0 Å². The van der Waals surface area contributed by atoms with E-state index in [4.69, 9.17) is 0 Å². The Labute approximate surface area is 152 Å². The molecule has 1 aliphatic carbocycles. The highest BCUT2D eigenvalue weighted by molar-refractivity contribution is 7.89. The minimum absolute atomic E-state index is 0.137. The lowest BCUT2D eigenvalue weighted by Crippen LogP contribution is -2.55. The number of likely N-dealkylation sites (tertiary alicyclic amines) is 1. The number of halogens is 2. The van der Waals surface area contributed by atoms with Gasteiger partial charge in [-0.05, 0) is 44.2 Å². The van der Waals surface area contributed by atoms with Gasteiger partial charge in [0.2, 0.25) is 15.9 Å². The minimum atomic E-state index is -4.25. The molecule has 0 bridgehead atoms. The molecule has 0 N–H and O–H groups in total. The summed E-state index contributed by atoms with van der Waals surface area (Å²) in [6.45, 7) is 0.997. The molecule has 2 saturated heterocycles. The maximum Gasteiger partial charge on any atom is 0.248 e. The Morgan fingerprint density at radius 3 is 2.42 bits per heavy atom. The number of hydrogen-bond donors (Lipinski definition) is 0. The number of piperidine rings is 2. The number of benzene rings is 1. The molecule has 1 atom stereocenters. The van der Waals surface area contributed by atoms with Crippen LogP contribution in [-0.4, -0.2) is 49.2 Å². The van der Waals surface area contributed by atoms with Gasteiger partial charge in [0.25, 0.3) is 0 Å². The van der Waals surface area contributed by atoms with Crippen molar-refractivity contribution in [3.8, 4) is 0 Å². The Hall–Kier alpha value is -1.54. The predicted octanol–water partition coefficient (Wildman–Crippen LogP) is 2.52. The van der Waals surface area contributed by atoms with Crippen LogP contribution >= 0.6 is 0 Å². The van der Waals surface area contributed by atoms with Crippen molar-refractivity contribution in [1.29, 1.82) is 0 Å². The van der Waals surface area contributed by atoms with Gasteiger partial charge in [-0.3, -0.25) is 4.79 Å². The third-order valence-corrected chi connectivity index (χ3v) is 7.72. The first-order valence-electron chi connectivity index (χ1n) is 9.06. The van der Waals surface area contributed by atoms with Gasteiger partial charge >= 0.3 is 0 Å². The molecule has 1 amide bonds. The predicted molar refractivity (Wildman–Crippen MR) is 90.8 cm³/mol. The van der Waals surface area contributed by atoms with E-state index in [2.05, 4.69) is 0 Å². The fourth-order valence-corrected chi connectivity index (χ4v) is 6.02. The van der Waals surface area contributed by atoms with Crippen molar-refractivity contribution in [3.05, 3.63) is 29.8 Å². The van der Waals surface area contributed by atoms with Crippen LogP contribution in [0.15, 0.2) is 23.1 Å². The lowest BCUT2D eigenvalue weighted by Gasteiger charge is -2.48. The first-order chi connectivity index (χ1) is 12.3. The Balaban J connectivity index is 1.61. The SMILES string of the molecule is O=C1CCC2(CCCN(S(=O)(=O)c3c(F)cccc3F)C2)CN1C1CC1. The van der Waals surface area contributed by atoms with Gasteiger partial charge in [-0.2, -0.15) is 4.31 Å². The summed E-state index contributed by atoms with van der Waals surface area (Å²) in [6, 6.07) is 3.37. The van der Waals surface area contributed by atoms with Gasteiger partial charge in [-0.1, -0.05) is 6.07 Å². The van der Waals surface area contributed by atoms with Crippen molar-refractivity contribution in [2.45, 2.75) is 49.5 Å². The van der Waals surface area contributed by atoms with E-state index >= 15 is 0 Å². The summed E-state index contributed by atoms with van der Waals surface area (Å²) in [4.78, 5) is 13.2. The number of carbonyl (C=O) groups excluding carboxylic acids is 1. The summed E-state index contributed by atoms with van der Waals surface area (Å²) in [6.07, 6.45) is 4.51. The van der Waals surface area contributed by atoms with Gasteiger partial charge in [-0.25, -0.2) is 17.2 Å². The van der Waals surface area contributed by atoms with E-state index in [0.29, 0.717) is 25.8 Å². The van der Waals surface area contributed by atoms with E-state index in [0.717, 1.165) is 37.5 Å². The maximum absolute atomic E-state index is 14.1. The molecule has 1 aromatic rings. The summed E-state index contributed by atoms with van der Waals surface area (Å²) in [5.74, 6) is -2.00. The zero-order valence-electron chi connectivity index (χ0n) is 14.5. The highest BCUT2D eigenvalue weighted by Gasteiger charge is 2.48. The number of rotatable bonds is 3. The number of amides is 1. The largest absolute Gasteiger partial charge is 0.339 e. The average Bonchev–Trinajstić information content (AvgIpc) is 3.42. The van der Waals surface area contributed by atoms with Crippen LogP contribution in [0.1, 0.15) is 38.5 Å². The highest BCUT2D eigenvalue weighted by atomic mass is 32.2. The van der Waals surface area contributed by atoms with Crippen molar-refractivity contribution >= 4 is 15.9 Å². The molecular weight excluding hydrogens is 362 g/mol. The van der Waals surface area contributed by atoms with Crippen LogP contribution in [0.25, 0.3) is 0 Å². The minimum Gasteiger partial charge on any atom is -0.339 e. The molecule has 1 aromatic carbocycles. The number of sulfonamides is 1. The highest BCUT2D eigenvalue weighted by Crippen LogP contribution is 2.43. The Morgan fingerprint density at radius 2 is 1.77 bits per heavy atom. The van der Waals surface area contributed by atoms with Crippen molar-refractivity contribution in [2.75, 3.05) is 19.6 Å². The third kappa shape index (κ3) is 3.03. The zero-order valence-corrected chi connectivity index (χ0v) is 15.3. The second-order valence-electron chi connectivity index (χ2n) is 7.75. The molecule has 2 heterocycles. The molecule has 26 heavy (non-hydrogen) atoms. The second-order valence-corrected chi connectivity index (χ2v) is 9.62. The van der Waals surface area contributed by atoms with Crippen LogP contribution in [0.3, 0.4) is 0 Å². The fraction of sp³-hybridized carbons (Fsp3) is 0.611. The molecule has 0 radical (unpaired) electrons. The van der Waals surface area contributed by atoms with Gasteiger partial charge in [0.1, 0.15) is 11.6 Å². The van der Waals surface area contributed by atoms with Crippen LogP contribution in [0.2, 0.25) is 0 Å². The summed E-state index contributed by atoms with van der Waals surface area (Å²) in [7, 11) is -4.25. The molecule has 3 fully saturated rings. The summed E-state index contributed by atoms with van der Waals surface area (Å²) in [5, 5.41) is 0. The van der Waals surface area contributed by atoms with E-state index in [1.54, 1.807) is 0 Å². The topological polar surface area (TPSA) is 57.7 Å². The summed E-state index contributed by atoms with van der Waals surface area (Å²) >= 11 is 0. The van der Waals surface area contributed by atoms with Crippen molar-refractivity contribution in [3.63, 3.8) is 0 Å². The van der Waals surface area contributed by atoms with Crippen LogP contribution in [0, 0.1) is 17.0 Å². The molecular formula is C18H22F2N2O3S. The van der Waals surface area contributed by atoms with Gasteiger partial charge in [0.15, 0.2) is 4.90 Å². The molecule has 2 aliphatic heterocycles. The van der Waals surface area contributed by atoms with Crippen LogP contribution in [-0.2, 0) is 14.8 Å². The van der Waals surface area contributed by atoms with Crippen molar-refractivity contribution in [1.82, 2.24) is 9.21 Å². The molecule has 0 aromatic heterocycles. The van der Waals surface area contributed by atoms with E-state index < -0.39 is 26.6 Å². The normalized spacial score (nSPS) is 27.9. The smallest absolute Gasteiger partial charge is 0.248 e. The monoisotopic (exact) mass is 384 g/mol. The van der Waals surface area contributed by atoms with Crippen LogP contribution in [0.5, 0.6) is 0 Å². The zero-order chi connectivity index (χ0) is 18.5.